The third kappa shape index (κ3) is 5.07. The van der Waals surface area contributed by atoms with Crippen LogP contribution < -0.4 is 0 Å². The monoisotopic (exact) mass is 740 g/mol. The van der Waals surface area contributed by atoms with Crippen LogP contribution in [-0.4, -0.2) is 19.5 Å². The van der Waals surface area contributed by atoms with Crippen LogP contribution in [0.15, 0.2) is 199 Å². The van der Waals surface area contributed by atoms with Crippen molar-refractivity contribution in [3.8, 4) is 51.0 Å². The molecule has 0 aliphatic carbocycles. The maximum atomic E-state index is 6.67. The summed E-state index contributed by atoms with van der Waals surface area (Å²) in [5.74, 6) is 1.82. The van der Waals surface area contributed by atoms with Crippen molar-refractivity contribution in [2.24, 2.45) is 0 Å². The highest BCUT2D eigenvalue weighted by Crippen LogP contribution is 2.43. The van der Waals surface area contributed by atoms with Crippen molar-refractivity contribution in [3.05, 3.63) is 194 Å². The largest absolute Gasteiger partial charge is 0.456 e. The van der Waals surface area contributed by atoms with Crippen molar-refractivity contribution < 1.29 is 4.42 Å². The van der Waals surface area contributed by atoms with Gasteiger partial charge in [-0.1, -0.05) is 146 Å². The van der Waals surface area contributed by atoms with Crippen LogP contribution in [-0.2, 0) is 0 Å². The first kappa shape index (κ1) is 32.4. The van der Waals surface area contributed by atoms with Gasteiger partial charge in [-0.15, -0.1) is 0 Å². The quantitative estimate of drug-likeness (QED) is 0.176. The fourth-order valence-corrected chi connectivity index (χ4v) is 8.78. The van der Waals surface area contributed by atoms with Crippen LogP contribution in [0.5, 0.6) is 0 Å². The zero-order valence-corrected chi connectivity index (χ0v) is 31.2. The second kappa shape index (κ2) is 12.8. The van der Waals surface area contributed by atoms with Gasteiger partial charge in [-0.2, -0.15) is 0 Å². The minimum Gasteiger partial charge on any atom is -0.456 e. The van der Waals surface area contributed by atoms with Crippen LogP contribution in [0, 0.1) is 0 Å². The number of aromatic nitrogens is 4. The number of hydrogen-bond acceptors (Lipinski definition) is 4. The van der Waals surface area contributed by atoms with Gasteiger partial charge in [-0.25, -0.2) is 15.0 Å². The number of benzene rings is 9. The second-order valence-electron chi connectivity index (χ2n) is 14.8. The zero-order valence-electron chi connectivity index (χ0n) is 31.2. The second-order valence-corrected chi connectivity index (χ2v) is 14.8. The summed E-state index contributed by atoms with van der Waals surface area (Å²) < 4.78 is 8.99. The Balaban J connectivity index is 1.06. The van der Waals surface area contributed by atoms with Crippen molar-refractivity contribution >= 4 is 65.3 Å². The molecular formula is C53H32N4O. The Morgan fingerprint density at radius 1 is 0.345 bits per heavy atom. The molecule has 12 rings (SSSR count). The van der Waals surface area contributed by atoms with Gasteiger partial charge in [0, 0.05) is 43.9 Å². The lowest BCUT2D eigenvalue weighted by atomic mass is 9.92. The number of para-hydroxylation sites is 2. The summed E-state index contributed by atoms with van der Waals surface area (Å²) in [5, 5.41) is 9.22. The Labute approximate surface area is 333 Å². The van der Waals surface area contributed by atoms with E-state index in [4.69, 9.17) is 19.4 Å². The van der Waals surface area contributed by atoms with E-state index in [0.717, 1.165) is 66.3 Å². The fraction of sp³-hybridized carbons (Fsp3) is 0. The molecule has 0 atom stereocenters. The lowest BCUT2D eigenvalue weighted by molar-refractivity contribution is 0.669. The average Bonchev–Trinajstić information content (AvgIpc) is 3.84. The van der Waals surface area contributed by atoms with Gasteiger partial charge in [0.1, 0.15) is 11.2 Å². The molecule has 9 aromatic carbocycles. The molecule has 0 fully saturated rings. The number of hydrogen-bond donors (Lipinski definition) is 0. The topological polar surface area (TPSA) is 56.7 Å². The zero-order chi connectivity index (χ0) is 38.2. The van der Waals surface area contributed by atoms with E-state index in [1.165, 1.54) is 32.5 Å². The molecule has 0 radical (unpaired) electrons. The summed E-state index contributed by atoms with van der Waals surface area (Å²) in [7, 11) is 0. The highest BCUT2D eigenvalue weighted by molar-refractivity contribution is 6.23. The number of rotatable bonds is 5. The molecule has 0 unspecified atom stereocenters. The normalized spacial score (nSPS) is 11.8. The Morgan fingerprint density at radius 2 is 0.948 bits per heavy atom. The van der Waals surface area contributed by atoms with Crippen molar-refractivity contribution in [2.45, 2.75) is 0 Å². The first-order valence-corrected chi connectivity index (χ1v) is 19.5. The maximum Gasteiger partial charge on any atom is 0.164 e. The summed E-state index contributed by atoms with van der Waals surface area (Å²) in [6, 6.07) is 67.9. The number of fused-ring (bicyclic) bond motifs is 9. The predicted molar refractivity (Wildman–Crippen MR) is 238 cm³/mol. The maximum absolute atomic E-state index is 6.67. The summed E-state index contributed by atoms with van der Waals surface area (Å²) in [6.45, 7) is 0. The van der Waals surface area contributed by atoms with Gasteiger partial charge in [0.2, 0.25) is 0 Å². The lowest BCUT2D eigenvalue weighted by Crippen LogP contribution is -2.00. The summed E-state index contributed by atoms with van der Waals surface area (Å²) >= 11 is 0. The van der Waals surface area contributed by atoms with Crippen LogP contribution in [0.4, 0.5) is 0 Å². The van der Waals surface area contributed by atoms with E-state index in [-0.39, 0.29) is 0 Å². The van der Waals surface area contributed by atoms with Crippen molar-refractivity contribution in [3.63, 3.8) is 0 Å². The molecule has 0 amide bonds. The Kier molecular flexibility index (Phi) is 7.16. The van der Waals surface area contributed by atoms with Gasteiger partial charge < -0.3 is 8.98 Å². The van der Waals surface area contributed by atoms with Gasteiger partial charge in [0.15, 0.2) is 17.5 Å². The molecule has 0 N–H and O–H groups in total. The molecule has 0 bridgehead atoms. The van der Waals surface area contributed by atoms with Gasteiger partial charge in [0.05, 0.1) is 11.0 Å². The fourth-order valence-electron chi connectivity index (χ4n) is 8.78. The van der Waals surface area contributed by atoms with Crippen LogP contribution >= 0.6 is 0 Å². The summed E-state index contributed by atoms with van der Waals surface area (Å²) in [4.78, 5) is 15.5. The Morgan fingerprint density at radius 3 is 1.76 bits per heavy atom. The van der Waals surface area contributed by atoms with E-state index in [0.29, 0.717) is 17.5 Å². The first-order valence-electron chi connectivity index (χ1n) is 19.5. The van der Waals surface area contributed by atoms with E-state index in [2.05, 4.69) is 162 Å². The smallest absolute Gasteiger partial charge is 0.164 e. The van der Waals surface area contributed by atoms with E-state index in [1.807, 2.05) is 36.4 Å². The Hall–Kier alpha value is -7.89. The van der Waals surface area contributed by atoms with Crippen LogP contribution in [0.2, 0.25) is 0 Å². The number of furan rings is 1. The molecule has 0 spiro atoms. The van der Waals surface area contributed by atoms with E-state index >= 15 is 0 Å². The highest BCUT2D eigenvalue weighted by Gasteiger charge is 2.20. The van der Waals surface area contributed by atoms with Crippen LogP contribution in [0.1, 0.15) is 0 Å². The molecule has 0 aliphatic rings. The molecule has 58 heavy (non-hydrogen) atoms. The van der Waals surface area contributed by atoms with Crippen LogP contribution in [0.25, 0.3) is 116 Å². The lowest BCUT2D eigenvalue weighted by Gasteiger charge is -2.11. The van der Waals surface area contributed by atoms with E-state index in [1.54, 1.807) is 0 Å². The molecule has 0 saturated heterocycles. The molecule has 3 aromatic heterocycles. The number of nitrogens with zero attached hydrogens (tertiary/aromatic N) is 4. The van der Waals surface area contributed by atoms with Crippen molar-refractivity contribution in [2.75, 3.05) is 0 Å². The van der Waals surface area contributed by atoms with Crippen molar-refractivity contribution in [1.82, 2.24) is 19.5 Å². The van der Waals surface area contributed by atoms with Gasteiger partial charge in [-0.3, -0.25) is 0 Å². The Bertz CT molecular complexity index is 3560. The molecule has 0 aliphatic heterocycles. The third-order valence-electron chi connectivity index (χ3n) is 11.4. The molecule has 5 nitrogen and oxygen atoms in total. The summed E-state index contributed by atoms with van der Waals surface area (Å²) in [5.41, 5.74) is 10.1. The molecule has 5 heteroatoms. The molecular weight excluding hydrogens is 709 g/mol. The van der Waals surface area contributed by atoms with Gasteiger partial charge in [-0.05, 0) is 81.2 Å². The minimum atomic E-state index is 0.598. The van der Waals surface area contributed by atoms with Crippen LogP contribution in [0.3, 0.4) is 0 Å². The predicted octanol–water partition coefficient (Wildman–Crippen LogP) is 13.8. The molecule has 12 aromatic rings. The molecule has 3 heterocycles. The molecule has 270 valence electrons. The van der Waals surface area contributed by atoms with E-state index < -0.39 is 0 Å². The van der Waals surface area contributed by atoms with Gasteiger partial charge >= 0.3 is 0 Å². The summed E-state index contributed by atoms with van der Waals surface area (Å²) in [6.07, 6.45) is 0. The molecule has 0 saturated carbocycles. The average molecular weight is 741 g/mol. The first-order chi connectivity index (χ1) is 28.7. The van der Waals surface area contributed by atoms with E-state index in [9.17, 15) is 0 Å². The standard InChI is InChI=1S/C53H32N4O/c1-3-15-34(16-4-1)51-54-52(56-53(55-51)36-26-28-42-41-22-11-12-25-46(41)57(47(42)31-36)37-18-5-2-6-19-37)35-27-29-48-45(30-35)50-43-23-10-9-21-40(43)44(32-49(50)58-48)39-24-13-17-33-14-7-8-20-38(33)39/h1-32H. The third-order valence-corrected chi connectivity index (χ3v) is 11.4. The highest BCUT2D eigenvalue weighted by atomic mass is 16.3. The van der Waals surface area contributed by atoms with Crippen molar-refractivity contribution in [1.29, 1.82) is 0 Å². The SMILES string of the molecule is c1ccc(-c2nc(-c3ccc4oc5cc(-c6cccc7ccccc67)c6ccccc6c5c4c3)nc(-c3ccc4c5ccccc5n(-c5ccccc5)c4c3)n2)cc1. The minimum absolute atomic E-state index is 0.598. The van der Waals surface area contributed by atoms with Gasteiger partial charge in [0.25, 0.3) is 0 Å².